The van der Waals surface area contributed by atoms with E-state index >= 15 is 0 Å². The first-order valence-corrected chi connectivity index (χ1v) is 7.50. The summed E-state index contributed by atoms with van der Waals surface area (Å²) in [6.45, 7) is 5.90. The van der Waals surface area contributed by atoms with Crippen molar-refractivity contribution in [2.24, 2.45) is 5.92 Å². The first kappa shape index (κ1) is 16.3. The van der Waals surface area contributed by atoms with Gasteiger partial charge < -0.3 is 15.2 Å². The maximum absolute atomic E-state index is 14.1. The number of halogens is 1. The Morgan fingerprint density at radius 3 is 2.68 bits per heavy atom. The second-order valence-electron chi connectivity index (χ2n) is 5.72. The van der Waals surface area contributed by atoms with Gasteiger partial charge in [0.2, 0.25) is 0 Å². The van der Waals surface area contributed by atoms with E-state index in [1.807, 2.05) is 6.07 Å². The van der Waals surface area contributed by atoms with E-state index in [0.717, 1.165) is 18.5 Å². The number of aromatic hydroxyl groups is 1. The highest BCUT2D eigenvalue weighted by Gasteiger charge is 2.07. The van der Waals surface area contributed by atoms with E-state index in [9.17, 15) is 9.50 Å². The van der Waals surface area contributed by atoms with Crippen LogP contribution in [0.3, 0.4) is 0 Å². The van der Waals surface area contributed by atoms with Crippen LogP contribution < -0.4 is 10.1 Å². The van der Waals surface area contributed by atoms with E-state index in [2.05, 4.69) is 19.2 Å². The zero-order chi connectivity index (χ0) is 15.9. The van der Waals surface area contributed by atoms with Crippen LogP contribution in [-0.4, -0.2) is 11.7 Å². The second-order valence-corrected chi connectivity index (χ2v) is 5.72. The molecule has 118 valence electrons. The Kier molecular flexibility index (Phi) is 5.78. The van der Waals surface area contributed by atoms with Gasteiger partial charge in [-0.3, -0.25) is 0 Å². The standard InChI is InChI=1S/C18H22FNO2/c1-13(2)8-9-20-12-14-6-7-18(17(19)10-14)22-16-5-3-4-15(21)11-16/h3-7,10-11,13,20-21H,8-9,12H2,1-2H3. The van der Waals surface area contributed by atoms with Gasteiger partial charge in [-0.1, -0.05) is 26.0 Å². The fourth-order valence-corrected chi connectivity index (χ4v) is 2.03. The third kappa shape index (κ3) is 5.04. The molecule has 22 heavy (non-hydrogen) atoms. The number of hydrogen-bond donors (Lipinski definition) is 2. The molecule has 2 rings (SSSR count). The van der Waals surface area contributed by atoms with Gasteiger partial charge in [0.05, 0.1) is 0 Å². The lowest BCUT2D eigenvalue weighted by molar-refractivity contribution is 0.431. The van der Waals surface area contributed by atoms with Crippen molar-refractivity contribution in [2.75, 3.05) is 6.54 Å². The summed E-state index contributed by atoms with van der Waals surface area (Å²) in [7, 11) is 0. The van der Waals surface area contributed by atoms with Gasteiger partial charge in [0.15, 0.2) is 11.6 Å². The molecule has 2 aromatic rings. The highest BCUT2D eigenvalue weighted by Crippen LogP contribution is 2.27. The van der Waals surface area contributed by atoms with Gasteiger partial charge in [-0.05, 0) is 48.7 Å². The number of phenols is 1. The summed E-state index contributed by atoms with van der Waals surface area (Å²) < 4.78 is 19.5. The van der Waals surface area contributed by atoms with E-state index in [0.29, 0.717) is 18.2 Å². The molecule has 0 aliphatic heterocycles. The average molecular weight is 303 g/mol. The maximum Gasteiger partial charge on any atom is 0.166 e. The lowest BCUT2D eigenvalue weighted by Gasteiger charge is -2.10. The van der Waals surface area contributed by atoms with Crippen molar-refractivity contribution in [3.8, 4) is 17.2 Å². The fourth-order valence-electron chi connectivity index (χ4n) is 2.03. The van der Waals surface area contributed by atoms with Crippen molar-refractivity contribution in [3.05, 3.63) is 53.8 Å². The first-order chi connectivity index (χ1) is 10.5. The second kappa shape index (κ2) is 7.80. The first-order valence-electron chi connectivity index (χ1n) is 7.50. The Balaban J connectivity index is 1.94. The van der Waals surface area contributed by atoms with E-state index in [1.165, 1.54) is 18.2 Å². The van der Waals surface area contributed by atoms with Crippen LogP contribution in [-0.2, 0) is 6.54 Å². The lowest BCUT2D eigenvalue weighted by atomic mass is 10.1. The maximum atomic E-state index is 14.1. The predicted molar refractivity (Wildman–Crippen MR) is 85.7 cm³/mol. The zero-order valence-corrected chi connectivity index (χ0v) is 13.0. The molecule has 0 heterocycles. The van der Waals surface area contributed by atoms with Crippen LogP contribution in [0.4, 0.5) is 4.39 Å². The molecule has 3 nitrogen and oxygen atoms in total. The average Bonchev–Trinajstić information content (AvgIpc) is 2.46. The van der Waals surface area contributed by atoms with Gasteiger partial charge in [-0.25, -0.2) is 4.39 Å². The van der Waals surface area contributed by atoms with E-state index in [1.54, 1.807) is 18.2 Å². The smallest absolute Gasteiger partial charge is 0.166 e. The molecule has 0 atom stereocenters. The molecule has 0 aliphatic carbocycles. The molecule has 0 aromatic heterocycles. The number of nitrogens with one attached hydrogen (secondary N) is 1. The van der Waals surface area contributed by atoms with Crippen molar-refractivity contribution < 1.29 is 14.2 Å². The van der Waals surface area contributed by atoms with Crippen molar-refractivity contribution in [3.63, 3.8) is 0 Å². The summed E-state index contributed by atoms with van der Waals surface area (Å²) in [5.74, 6) is 0.885. The van der Waals surface area contributed by atoms with Crippen molar-refractivity contribution in [1.29, 1.82) is 0 Å². The van der Waals surface area contributed by atoms with E-state index < -0.39 is 5.82 Å². The molecule has 0 fully saturated rings. The number of phenolic OH excluding ortho intramolecular Hbond substituents is 1. The number of rotatable bonds is 7. The van der Waals surface area contributed by atoms with Crippen molar-refractivity contribution in [1.82, 2.24) is 5.32 Å². The number of benzene rings is 2. The van der Waals surface area contributed by atoms with Crippen LogP contribution in [0.2, 0.25) is 0 Å². The van der Waals surface area contributed by atoms with Gasteiger partial charge in [0.25, 0.3) is 0 Å². The molecule has 0 saturated carbocycles. The molecule has 0 saturated heterocycles. The molecular weight excluding hydrogens is 281 g/mol. The van der Waals surface area contributed by atoms with Gasteiger partial charge in [0.1, 0.15) is 11.5 Å². The monoisotopic (exact) mass is 303 g/mol. The normalized spacial score (nSPS) is 10.9. The highest BCUT2D eigenvalue weighted by atomic mass is 19.1. The minimum Gasteiger partial charge on any atom is -0.508 e. The topological polar surface area (TPSA) is 41.5 Å². The SMILES string of the molecule is CC(C)CCNCc1ccc(Oc2cccc(O)c2)c(F)c1. The summed E-state index contributed by atoms with van der Waals surface area (Å²) in [6, 6.07) is 11.2. The molecule has 0 aliphatic rings. The van der Waals surface area contributed by atoms with Gasteiger partial charge in [0, 0.05) is 12.6 Å². The van der Waals surface area contributed by atoms with Crippen molar-refractivity contribution >= 4 is 0 Å². The van der Waals surface area contributed by atoms with Gasteiger partial charge in [-0.15, -0.1) is 0 Å². The van der Waals surface area contributed by atoms with Crippen LogP contribution in [0, 0.1) is 11.7 Å². The molecule has 4 heteroatoms. The van der Waals surface area contributed by atoms with Crippen LogP contribution in [0.1, 0.15) is 25.8 Å². The molecule has 2 N–H and O–H groups in total. The molecule has 0 unspecified atom stereocenters. The summed E-state index contributed by atoms with van der Waals surface area (Å²) >= 11 is 0. The summed E-state index contributed by atoms with van der Waals surface area (Å²) in [4.78, 5) is 0. The van der Waals surface area contributed by atoms with Crippen LogP contribution >= 0.6 is 0 Å². The van der Waals surface area contributed by atoms with Gasteiger partial charge >= 0.3 is 0 Å². The van der Waals surface area contributed by atoms with Crippen LogP contribution in [0.25, 0.3) is 0 Å². The summed E-state index contributed by atoms with van der Waals surface area (Å²) in [6.07, 6.45) is 1.10. The minimum absolute atomic E-state index is 0.0869. The van der Waals surface area contributed by atoms with E-state index in [-0.39, 0.29) is 11.5 Å². The Morgan fingerprint density at radius 2 is 2.00 bits per heavy atom. The van der Waals surface area contributed by atoms with Crippen molar-refractivity contribution in [2.45, 2.75) is 26.8 Å². The molecule has 0 bridgehead atoms. The quantitative estimate of drug-likeness (QED) is 0.742. The summed E-state index contributed by atoms with van der Waals surface area (Å²) in [5.41, 5.74) is 0.879. The molecule has 0 amide bonds. The number of ether oxygens (including phenoxy) is 1. The molecule has 0 radical (unpaired) electrons. The lowest BCUT2D eigenvalue weighted by Crippen LogP contribution is -2.16. The van der Waals surface area contributed by atoms with Crippen LogP contribution in [0.15, 0.2) is 42.5 Å². The Bertz CT molecular complexity index is 614. The Hall–Kier alpha value is -2.07. The van der Waals surface area contributed by atoms with Crippen LogP contribution in [0.5, 0.6) is 17.2 Å². The zero-order valence-electron chi connectivity index (χ0n) is 13.0. The third-order valence-corrected chi connectivity index (χ3v) is 3.27. The molecule has 2 aromatic carbocycles. The molecule has 0 spiro atoms. The van der Waals surface area contributed by atoms with Gasteiger partial charge in [-0.2, -0.15) is 0 Å². The number of hydrogen-bond acceptors (Lipinski definition) is 3. The predicted octanol–water partition coefficient (Wildman–Crippen LogP) is 4.46. The summed E-state index contributed by atoms with van der Waals surface area (Å²) in [5, 5.41) is 12.7. The largest absolute Gasteiger partial charge is 0.508 e. The third-order valence-electron chi connectivity index (χ3n) is 3.27. The Morgan fingerprint density at radius 1 is 1.18 bits per heavy atom. The Labute approximate surface area is 130 Å². The molecular formula is C18H22FNO2. The van der Waals surface area contributed by atoms with E-state index in [4.69, 9.17) is 4.74 Å². The highest BCUT2D eigenvalue weighted by molar-refractivity contribution is 5.37. The fraction of sp³-hybridized carbons (Fsp3) is 0.333. The minimum atomic E-state index is -0.411.